The first-order valence-electron chi connectivity index (χ1n) is 6.21. The van der Waals surface area contributed by atoms with Gasteiger partial charge in [-0.15, -0.1) is 0 Å². The fourth-order valence-electron chi connectivity index (χ4n) is 1.85. The van der Waals surface area contributed by atoms with Crippen LogP contribution in [-0.4, -0.2) is 25.7 Å². The quantitative estimate of drug-likeness (QED) is 0.853. The molecular weight excluding hydrogens is 250 g/mol. The lowest BCUT2D eigenvalue weighted by Crippen LogP contribution is -2.27. The predicted molar refractivity (Wildman–Crippen MR) is 69.9 cm³/mol. The van der Waals surface area contributed by atoms with Crippen molar-refractivity contribution < 1.29 is 13.5 Å². The van der Waals surface area contributed by atoms with Gasteiger partial charge in [0.2, 0.25) is 10.0 Å². The number of hydrogen-bond acceptors (Lipinski definition) is 3. The summed E-state index contributed by atoms with van der Waals surface area (Å²) >= 11 is 0. The molecule has 5 heteroatoms. The summed E-state index contributed by atoms with van der Waals surface area (Å²) in [4.78, 5) is 0.283. The molecule has 2 N–H and O–H groups in total. The molecule has 0 bridgehead atoms. The van der Waals surface area contributed by atoms with E-state index in [0.717, 1.165) is 12.8 Å². The van der Waals surface area contributed by atoms with Gasteiger partial charge in [0.15, 0.2) is 0 Å². The highest BCUT2D eigenvalue weighted by atomic mass is 32.2. The first-order valence-corrected chi connectivity index (χ1v) is 7.69. The summed E-state index contributed by atoms with van der Waals surface area (Å²) in [6.45, 7) is 3.50. The fourth-order valence-corrected chi connectivity index (χ4v) is 3.47. The van der Waals surface area contributed by atoms with Gasteiger partial charge in [0.25, 0.3) is 0 Å². The van der Waals surface area contributed by atoms with E-state index in [2.05, 4.69) is 4.72 Å². The van der Waals surface area contributed by atoms with Crippen LogP contribution < -0.4 is 4.72 Å². The minimum Gasteiger partial charge on any atom is -0.393 e. The van der Waals surface area contributed by atoms with Gasteiger partial charge < -0.3 is 5.11 Å². The van der Waals surface area contributed by atoms with Crippen molar-refractivity contribution in [3.8, 4) is 0 Å². The van der Waals surface area contributed by atoms with E-state index in [9.17, 15) is 13.5 Å². The normalized spacial score (nSPS) is 19.5. The number of sulfonamides is 1. The van der Waals surface area contributed by atoms with E-state index in [1.807, 2.05) is 6.92 Å². The van der Waals surface area contributed by atoms with Crippen molar-refractivity contribution in [3.63, 3.8) is 0 Å². The minimum atomic E-state index is -3.47. The van der Waals surface area contributed by atoms with Gasteiger partial charge in [-0.05, 0) is 31.4 Å². The smallest absolute Gasteiger partial charge is 0.241 e. The van der Waals surface area contributed by atoms with Crippen molar-refractivity contribution in [1.82, 2.24) is 4.72 Å². The van der Waals surface area contributed by atoms with Crippen molar-refractivity contribution in [2.75, 3.05) is 0 Å². The topological polar surface area (TPSA) is 66.4 Å². The summed E-state index contributed by atoms with van der Waals surface area (Å²) in [5, 5.41) is 9.64. The molecule has 4 nitrogen and oxygen atoms in total. The van der Waals surface area contributed by atoms with E-state index in [0.29, 0.717) is 5.56 Å². The van der Waals surface area contributed by atoms with Gasteiger partial charge in [0.05, 0.1) is 11.0 Å². The standard InChI is InChI=1S/C13H19NO3S/c1-9(10(2)15)12-5-3-4-6-13(12)18(16,17)14-11-7-8-11/h3-6,9-11,14-15H,7-8H2,1-2H3. The van der Waals surface area contributed by atoms with Crippen molar-refractivity contribution in [3.05, 3.63) is 29.8 Å². The number of rotatable bonds is 5. The Kier molecular flexibility index (Phi) is 3.75. The molecule has 1 aromatic rings. The van der Waals surface area contributed by atoms with Crippen molar-refractivity contribution in [2.24, 2.45) is 0 Å². The number of hydrogen-bond donors (Lipinski definition) is 2. The van der Waals surface area contributed by atoms with Gasteiger partial charge in [-0.2, -0.15) is 0 Å². The number of aliphatic hydroxyl groups is 1. The van der Waals surface area contributed by atoms with Crippen molar-refractivity contribution in [1.29, 1.82) is 0 Å². The number of benzene rings is 1. The molecule has 0 aromatic heterocycles. The average Bonchev–Trinajstić information content (AvgIpc) is 3.11. The molecule has 1 fully saturated rings. The Morgan fingerprint density at radius 3 is 2.44 bits per heavy atom. The van der Waals surface area contributed by atoms with Gasteiger partial charge in [-0.25, -0.2) is 13.1 Å². The summed E-state index contributed by atoms with van der Waals surface area (Å²) in [6, 6.07) is 6.95. The van der Waals surface area contributed by atoms with Gasteiger partial charge in [-0.1, -0.05) is 25.1 Å². The molecule has 0 radical (unpaired) electrons. The molecule has 0 saturated heterocycles. The van der Waals surface area contributed by atoms with Gasteiger partial charge in [0.1, 0.15) is 0 Å². The largest absolute Gasteiger partial charge is 0.393 e. The zero-order valence-corrected chi connectivity index (χ0v) is 11.4. The Labute approximate surface area is 108 Å². The Hall–Kier alpha value is -0.910. The Morgan fingerprint density at radius 1 is 1.28 bits per heavy atom. The molecular formula is C13H19NO3S. The highest BCUT2D eigenvalue weighted by Gasteiger charge is 2.30. The molecule has 1 saturated carbocycles. The van der Waals surface area contributed by atoms with Crippen LogP contribution in [-0.2, 0) is 10.0 Å². The van der Waals surface area contributed by atoms with Crippen LogP contribution in [0, 0.1) is 0 Å². The highest BCUT2D eigenvalue weighted by Crippen LogP contribution is 2.28. The van der Waals surface area contributed by atoms with Crippen LogP contribution in [0.15, 0.2) is 29.2 Å². The van der Waals surface area contributed by atoms with Gasteiger partial charge >= 0.3 is 0 Å². The predicted octanol–water partition coefficient (Wildman–Crippen LogP) is 1.61. The molecule has 1 aliphatic rings. The van der Waals surface area contributed by atoms with Crippen LogP contribution in [0.4, 0.5) is 0 Å². The van der Waals surface area contributed by atoms with Crippen LogP contribution in [0.25, 0.3) is 0 Å². The maximum absolute atomic E-state index is 12.2. The highest BCUT2D eigenvalue weighted by molar-refractivity contribution is 7.89. The monoisotopic (exact) mass is 269 g/mol. The Balaban J connectivity index is 2.37. The Morgan fingerprint density at radius 2 is 1.89 bits per heavy atom. The van der Waals surface area contributed by atoms with E-state index >= 15 is 0 Å². The summed E-state index contributed by atoms with van der Waals surface area (Å²) in [7, 11) is -3.47. The van der Waals surface area contributed by atoms with Crippen LogP contribution in [0.1, 0.15) is 38.2 Å². The summed E-state index contributed by atoms with van der Waals surface area (Å²) in [6.07, 6.45) is 1.24. The lowest BCUT2D eigenvalue weighted by atomic mass is 9.96. The summed E-state index contributed by atoms with van der Waals surface area (Å²) in [5.41, 5.74) is 0.667. The second-order valence-corrected chi connectivity index (χ2v) is 6.65. The lowest BCUT2D eigenvalue weighted by molar-refractivity contribution is 0.168. The third-order valence-electron chi connectivity index (χ3n) is 3.32. The Bertz CT molecular complexity index is 521. The van der Waals surface area contributed by atoms with Crippen LogP contribution in [0.5, 0.6) is 0 Å². The second kappa shape index (κ2) is 4.99. The molecule has 0 spiro atoms. The summed E-state index contributed by atoms with van der Waals surface area (Å²) in [5.74, 6) is -0.211. The van der Waals surface area contributed by atoms with E-state index in [-0.39, 0.29) is 16.9 Å². The molecule has 1 aliphatic carbocycles. The molecule has 2 rings (SSSR count). The molecule has 2 unspecified atom stereocenters. The zero-order valence-electron chi connectivity index (χ0n) is 10.6. The van der Waals surface area contributed by atoms with Gasteiger partial charge in [-0.3, -0.25) is 0 Å². The van der Waals surface area contributed by atoms with Crippen molar-refractivity contribution >= 4 is 10.0 Å². The zero-order chi connectivity index (χ0) is 13.3. The molecule has 2 atom stereocenters. The van der Waals surface area contributed by atoms with Crippen LogP contribution in [0.3, 0.4) is 0 Å². The molecule has 18 heavy (non-hydrogen) atoms. The van der Waals surface area contributed by atoms with Crippen LogP contribution in [0.2, 0.25) is 0 Å². The van der Waals surface area contributed by atoms with Crippen LogP contribution >= 0.6 is 0 Å². The first-order chi connectivity index (χ1) is 8.42. The maximum Gasteiger partial charge on any atom is 0.241 e. The molecule has 0 heterocycles. The van der Waals surface area contributed by atoms with E-state index in [1.165, 1.54) is 0 Å². The molecule has 100 valence electrons. The first kappa shape index (κ1) is 13.5. The maximum atomic E-state index is 12.2. The number of aliphatic hydroxyl groups excluding tert-OH is 1. The fraction of sp³-hybridized carbons (Fsp3) is 0.538. The van der Waals surface area contributed by atoms with Crippen molar-refractivity contribution in [2.45, 2.75) is 49.6 Å². The van der Waals surface area contributed by atoms with E-state index in [4.69, 9.17) is 0 Å². The SMILES string of the molecule is CC(O)C(C)c1ccccc1S(=O)(=O)NC1CC1. The third-order valence-corrected chi connectivity index (χ3v) is 4.92. The minimum absolute atomic E-state index is 0.0879. The average molecular weight is 269 g/mol. The molecule has 1 aromatic carbocycles. The van der Waals surface area contributed by atoms with Gasteiger partial charge in [0, 0.05) is 12.0 Å². The second-order valence-electron chi connectivity index (χ2n) is 4.96. The summed E-state index contributed by atoms with van der Waals surface area (Å²) < 4.78 is 27.1. The molecule has 0 aliphatic heterocycles. The third kappa shape index (κ3) is 2.91. The van der Waals surface area contributed by atoms with E-state index in [1.54, 1.807) is 31.2 Å². The lowest BCUT2D eigenvalue weighted by Gasteiger charge is -2.19. The molecule has 0 amide bonds. The number of nitrogens with one attached hydrogen (secondary N) is 1. The van der Waals surface area contributed by atoms with E-state index < -0.39 is 16.1 Å².